The molecule has 3 aromatic rings. The normalized spacial score (nSPS) is 12.3. The van der Waals surface area contributed by atoms with Crippen molar-refractivity contribution in [3.05, 3.63) is 70.0 Å². The summed E-state index contributed by atoms with van der Waals surface area (Å²) in [5, 5.41) is 11.5. The van der Waals surface area contributed by atoms with Gasteiger partial charge in [-0.1, -0.05) is 48.5 Å². The summed E-state index contributed by atoms with van der Waals surface area (Å²) in [6.45, 7) is 0.159. The van der Waals surface area contributed by atoms with E-state index in [4.69, 9.17) is 9.84 Å². The number of rotatable bonds is 4. The van der Waals surface area contributed by atoms with Gasteiger partial charge in [0, 0.05) is 5.92 Å². The molecule has 6 nitrogen and oxygen atoms in total. The minimum absolute atomic E-state index is 0.000257. The lowest BCUT2D eigenvalue weighted by molar-refractivity contribution is 0.0703. The van der Waals surface area contributed by atoms with Crippen LogP contribution >= 0.6 is 11.3 Å². The lowest BCUT2D eigenvalue weighted by Crippen LogP contribution is -2.19. The SMILES string of the molecule is O=C(Nc1ncsc1C(=O)O)OCC1c2ccccc2-c2ccccc21. The van der Waals surface area contributed by atoms with Gasteiger partial charge in [0.1, 0.15) is 6.61 Å². The zero-order valence-electron chi connectivity index (χ0n) is 13.5. The molecule has 26 heavy (non-hydrogen) atoms. The second-order valence-corrected chi connectivity index (χ2v) is 6.64. The van der Waals surface area contributed by atoms with Gasteiger partial charge < -0.3 is 9.84 Å². The number of amides is 1. The van der Waals surface area contributed by atoms with Crippen molar-refractivity contribution in [2.75, 3.05) is 11.9 Å². The molecule has 0 saturated heterocycles. The van der Waals surface area contributed by atoms with Crippen molar-refractivity contribution < 1.29 is 19.4 Å². The molecule has 0 bridgehead atoms. The molecule has 1 aliphatic rings. The molecule has 0 saturated carbocycles. The first kappa shape index (κ1) is 16.3. The van der Waals surface area contributed by atoms with Gasteiger partial charge in [-0.15, -0.1) is 11.3 Å². The maximum absolute atomic E-state index is 12.1. The maximum Gasteiger partial charge on any atom is 0.412 e. The number of carbonyl (C=O) groups is 2. The molecule has 2 aromatic carbocycles. The molecule has 7 heteroatoms. The van der Waals surface area contributed by atoms with Crippen molar-refractivity contribution in [3.63, 3.8) is 0 Å². The second kappa shape index (κ2) is 6.61. The van der Waals surface area contributed by atoms with Crippen molar-refractivity contribution in [2.24, 2.45) is 0 Å². The van der Waals surface area contributed by atoms with Crippen LogP contribution in [-0.4, -0.2) is 28.8 Å². The van der Waals surface area contributed by atoms with Gasteiger partial charge in [-0.05, 0) is 22.3 Å². The summed E-state index contributed by atoms with van der Waals surface area (Å²) in [4.78, 5) is 27.0. The van der Waals surface area contributed by atoms with Gasteiger partial charge in [0.05, 0.1) is 5.51 Å². The third-order valence-corrected chi connectivity index (χ3v) is 5.14. The predicted octanol–water partition coefficient (Wildman–Crippen LogP) is 4.20. The van der Waals surface area contributed by atoms with Crippen LogP contribution in [0.1, 0.15) is 26.7 Å². The molecule has 1 aromatic heterocycles. The average Bonchev–Trinajstić information content (AvgIpc) is 3.23. The van der Waals surface area contributed by atoms with Crippen molar-refractivity contribution in [3.8, 4) is 11.1 Å². The Morgan fingerprint density at radius 2 is 1.69 bits per heavy atom. The number of ether oxygens (including phenoxy) is 1. The standard InChI is InChI=1S/C19H14N2O4S/c22-18(23)16-17(20-10-26-16)21-19(24)25-9-15-13-7-3-1-5-11(13)12-6-2-4-8-14(12)15/h1-8,10,15H,9H2,(H,21,24)(H,22,23). The van der Waals surface area contributed by atoms with Crippen molar-refractivity contribution in [1.29, 1.82) is 0 Å². The van der Waals surface area contributed by atoms with Crippen LogP contribution < -0.4 is 5.32 Å². The van der Waals surface area contributed by atoms with Crippen LogP contribution in [0.2, 0.25) is 0 Å². The minimum atomic E-state index is -1.14. The molecular weight excluding hydrogens is 352 g/mol. The van der Waals surface area contributed by atoms with Crippen LogP contribution in [0.25, 0.3) is 11.1 Å². The van der Waals surface area contributed by atoms with Gasteiger partial charge in [0.15, 0.2) is 10.7 Å². The first-order valence-electron chi connectivity index (χ1n) is 7.94. The van der Waals surface area contributed by atoms with E-state index in [2.05, 4.69) is 22.4 Å². The van der Waals surface area contributed by atoms with Gasteiger partial charge >= 0.3 is 12.1 Å². The van der Waals surface area contributed by atoms with E-state index in [0.29, 0.717) is 0 Å². The van der Waals surface area contributed by atoms with E-state index in [0.717, 1.165) is 33.6 Å². The fraction of sp³-hybridized carbons (Fsp3) is 0.105. The second-order valence-electron chi connectivity index (χ2n) is 5.79. The summed E-state index contributed by atoms with van der Waals surface area (Å²) >= 11 is 0.943. The molecule has 0 unspecified atom stereocenters. The van der Waals surface area contributed by atoms with Crippen LogP contribution in [0.4, 0.5) is 10.6 Å². The zero-order chi connectivity index (χ0) is 18.1. The highest BCUT2D eigenvalue weighted by atomic mass is 32.1. The van der Waals surface area contributed by atoms with E-state index in [1.807, 2.05) is 36.4 Å². The smallest absolute Gasteiger partial charge is 0.412 e. The van der Waals surface area contributed by atoms with Crippen LogP contribution in [0.5, 0.6) is 0 Å². The number of nitrogens with one attached hydrogen (secondary N) is 1. The Morgan fingerprint density at radius 1 is 1.08 bits per heavy atom. The third-order valence-electron chi connectivity index (χ3n) is 4.33. The Bertz CT molecular complexity index is 953. The Labute approximate surface area is 153 Å². The highest BCUT2D eigenvalue weighted by Crippen LogP contribution is 2.44. The summed E-state index contributed by atoms with van der Waals surface area (Å²) < 4.78 is 5.37. The molecule has 0 aliphatic heterocycles. The van der Waals surface area contributed by atoms with Crippen LogP contribution in [0.3, 0.4) is 0 Å². The van der Waals surface area contributed by atoms with Crippen LogP contribution in [-0.2, 0) is 4.74 Å². The van der Waals surface area contributed by atoms with Gasteiger partial charge in [-0.2, -0.15) is 0 Å². The van der Waals surface area contributed by atoms with Crippen molar-refractivity contribution in [1.82, 2.24) is 4.98 Å². The van der Waals surface area contributed by atoms with Crippen molar-refractivity contribution >= 4 is 29.2 Å². The number of aromatic nitrogens is 1. The summed E-state index contributed by atoms with van der Waals surface area (Å²) in [6, 6.07) is 16.1. The number of thiazole rings is 1. The lowest BCUT2D eigenvalue weighted by Gasteiger charge is -2.14. The third kappa shape index (κ3) is 2.82. The molecule has 0 atom stereocenters. The maximum atomic E-state index is 12.1. The summed E-state index contributed by atoms with van der Waals surface area (Å²) in [5.41, 5.74) is 5.88. The molecule has 1 heterocycles. The molecule has 130 valence electrons. The number of hydrogen-bond acceptors (Lipinski definition) is 5. The summed E-state index contributed by atoms with van der Waals surface area (Å²) in [6.07, 6.45) is -0.722. The number of carboxylic acid groups (broad SMARTS) is 1. The Balaban J connectivity index is 1.50. The van der Waals surface area contributed by atoms with Crippen LogP contribution in [0.15, 0.2) is 54.0 Å². The Hall–Kier alpha value is -3.19. The molecule has 4 rings (SSSR count). The van der Waals surface area contributed by atoms with Gasteiger partial charge in [-0.25, -0.2) is 14.6 Å². The van der Waals surface area contributed by atoms with E-state index in [1.165, 1.54) is 5.51 Å². The topological polar surface area (TPSA) is 88.5 Å². The van der Waals surface area contributed by atoms with E-state index in [-0.39, 0.29) is 23.2 Å². The Kier molecular flexibility index (Phi) is 4.14. The largest absolute Gasteiger partial charge is 0.477 e. The number of fused-ring (bicyclic) bond motifs is 3. The van der Waals surface area contributed by atoms with Gasteiger partial charge in [-0.3, -0.25) is 5.32 Å². The van der Waals surface area contributed by atoms with E-state index < -0.39 is 12.1 Å². The number of benzene rings is 2. The first-order chi connectivity index (χ1) is 12.6. The summed E-state index contributed by atoms with van der Waals surface area (Å²) in [7, 11) is 0. The van der Waals surface area contributed by atoms with Gasteiger partial charge in [0.2, 0.25) is 0 Å². The highest BCUT2D eigenvalue weighted by Gasteiger charge is 2.29. The highest BCUT2D eigenvalue weighted by molar-refractivity contribution is 7.12. The zero-order valence-corrected chi connectivity index (χ0v) is 14.3. The fourth-order valence-electron chi connectivity index (χ4n) is 3.22. The number of nitrogens with zero attached hydrogens (tertiary/aromatic N) is 1. The fourth-order valence-corrected chi connectivity index (χ4v) is 3.80. The molecule has 2 N–H and O–H groups in total. The molecular formula is C19H14N2O4S. The number of carbonyl (C=O) groups excluding carboxylic acids is 1. The van der Waals surface area contributed by atoms with E-state index in [1.54, 1.807) is 0 Å². The van der Waals surface area contributed by atoms with Crippen molar-refractivity contribution in [2.45, 2.75) is 5.92 Å². The average molecular weight is 366 g/mol. The minimum Gasteiger partial charge on any atom is -0.477 e. The predicted molar refractivity (Wildman–Crippen MR) is 97.8 cm³/mol. The van der Waals surface area contributed by atoms with E-state index in [9.17, 15) is 9.59 Å². The lowest BCUT2D eigenvalue weighted by atomic mass is 9.98. The van der Waals surface area contributed by atoms with Gasteiger partial charge in [0.25, 0.3) is 0 Å². The molecule has 1 amide bonds. The number of hydrogen-bond donors (Lipinski definition) is 2. The molecule has 0 spiro atoms. The summed E-state index contributed by atoms with van der Waals surface area (Å²) in [5.74, 6) is -1.19. The quantitative estimate of drug-likeness (QED) is 0.722. The van der Waals surface area contributed by atoms with E-state index >= 15 is 0 Å². The first-order valence-corrected chi connectivity index (χ1v) is 8.82. The number of carboxylic acids is 1. The monoisotopic (exact) mass is 366 g/mol. The molecule has 0 fully saturated rings. The number of aromatic carboxylic acids is 1. The van der Waals surface area contributed by atoms with Crippen LogP contribution in [0, 0.1) is 0 Å². The molecule has 1 aliphatic carbocycles. The number of anilines is 1. The Morgan fingerprint density at radius 3 is 2.31 bits per heavy atom. The molecule has 0 radical (unpaired) electrons.